The Bertz CT molecular complexity index is 556. The van der Waals surface area contributed by atoms with Crippen LogP contribution in [-0.2, 0) is 7.05 Å². The summed E-state index contributed by atoms with van der Waals surface area (Å²) in [5.41, 5.74) is 1.54. The highest BCUT2D eigenvalue weighted by Crippen LogP contribution is 2.18. The second kappa shape index (κ2) is 4.65. The van der Waals surface area contributed by atoms with Crippen molar-refractivity contribution in [2.75, 3.05) is 0 Å². The van der Waals surface area contributed by atoms with Crippen LogP contribution < -0.4 is 0 Å². The zero-order valence-electron chi connectivity index (χ0n) is 9.41. The first-order valence-corrected chi connectivity index (χ1v) is 5.20. The monoisotopic (exact) mass is 228 g/mol. The van der Waals surface area contributed by atoms with Gasteiger partial charge in [-0.15, -0.1) is 0 Å². The maximum absolute atomic E-state index is 11.0. The smallest absolute Gasteiger partial charge is 0.277 e. The van der Waals surface area contributed by atoms with Crippen molar-refractivity contribution in [2.45, 2.75) is 0 Å². The van der Waals surface area contributed by atoms with Crippen LogP contribution in [0.5, 0.6) is 0 Å². The minimum atomic E-state index is -0.359. The lowest BCUT2D eigenvalue weighted by atomic mass is 10.1. The fourth-order valence-electron chi connectivity index (χ4n) is 1.62. The Kier molecular flexibility index (Phi) is 3.05. The van der Waals surface area contributed by atoms with Gasteiger partial charge in [-0.3, -0.25) is 10.1 Å². The first kappa shape index (κ1) is 11.1. The summed E-state index contributed by atoms with van der Waals surface area (Å²) < 4.78 is 1.86. The van der Waals surface area contributed by atoms with E-state index >= 15 is 0 Å². The summed E-state index contributed by atoms with van der Waals surface area (Å²) in [6, 6.07) is 10.7. The lowest BCUT2D eigenvalue weighted by Gasteiger charge is -1.97. The van der Waals surface area contributed by atoms with Gasteiger partial charge in [0.05, 0.1) is 10.5 Å². The lowest BCUT2D eigenvalue weighted by Crippen LogP contribution is -1.97. The van der Waals surface area contributed by atoms with E-state index < -0.39 is 0 Å². The van der Waals surface area contributed by atoms with Crippen molar-refractivity contribution < 1.29 is 4.92 Å². The molecule has 0 aliphatic rings. The zero-order chi connectivity index (χ0) is 12.3. The molecule has 2 rings (SSSR count). The highest BCUT2D eigenvalue weighted by molar-refractivity contribution is 5.76. The molecule has 4 nitrogen and oxygen atoms in total. The van der Waals surface area contributed by atoms with Crippen molar-refractivity contribution in [3.8, 4) is 0 Å². The molecule has 2 aromatic rings. The van der Waals surface area contributed by atoms with Gasteiger partial charge in [-0.2, -0.15) is 0 Å². The van der Waals surface area contributed by atoms with Crippen molar-refractivity contribution in [1.29, 1.82) is 0 Å². The molecule has 0 aliphatic carbocycles. The van der Waals surface area contributed by atoms with Crippen LogP contribution in [0.3, 0.4) is 0 Å². The van der Waals surface area contributed by atoms with E-state index in [2.05, 4.69) is 0 Å². The second-order valence-electron chi connectivity index (χ2n) is 3.76. The van der Waals surface area contributed by atoms with Gasteiger partial charge in [0.1, 0.15) is 0 Å². The Morgan fingerprint density at radius 3 is 2.53 bits per heavy atom. The van der Waals surface area contributed by atoms with Crippen molar-refractivity contribution in [1.82, 2.24) is 4.57 Å². The summed E-state index contributed by atoms with van der Waals surface area (Å²) in [6.07, 6.45) is 5.27. The summed E-state index contributed by atoms with van der Waals surface area (Å²) in [5.74, 6) is 0. The third kappa shape index (κ3) is 2.60. The molecule has 0 saturated heterocycles. The molecule has 0 aliphatic heterocycles. The standard InChI is InChI=1S/C13H12N2O2/c1-14-8-7-11(10-14)9-13(15(16)17)12-5-3-2-4-6-12/h2-10H,1H3. The normalized spacial score (nSPS) is 11.5. The zero-order valence-corrected chi connectivity index (χ0v) is 9.41. The molecule has 0 amide bonds. The predicted molar refractivity (Wildman–Crippen MR) is 66.7 cm³/mol. The second-order valence-corrected chi connectivity index (χ2v) is 3.76. The van der Waals surface area contributed by atoms with Gasteiger partial charge in [-0.05, 0) is 23.8 Å². The maximum atomic E-state index is 11.0. The SMILES string of the molecule is Cn1ccc(C=C(c2ccccc2)[N+](=O)[O-])c1. The minimum Gasteiger partial charge on any atom is -0.357 e. The number of aryl methyl sites for hydroxylation is 1. The highest BCUT2D eigenvalue weighted by atomic mass is 16.6. The summed E-state index contributed by atoms with van der Waals surface area (Å²) in [4.78, 5) is 10.7. The van der Waals surface area contributed by atoms with E-state index in [1.807, 2.05) is 36.1 Å². The Balaban J connectivity index is 2.43. The molecule has 0 spiro atoms. The van der Waals surface area contributed by atoms with Gasteiger partial charge >= 0.3 is 0 Å². The van der Waals surface area contributed by atoms with Gasteiger partial charge < -0.3 is 4.57 Å². The molecular formula is C13H12N2O2. The van der Waals surface area contributed by atoms with Crippen LogP contribution in [-0.4, -0.2) is 9.49 Å². The molecule has 0 saturated carbocycles. The maximum Gasteiger partial charge on any atom is 0.277 e. The Hall–Kier alpha value is -2.36. The van der Waals surface area contributed by atoms with E-state index in [1.165, 1.54) is 0 Å². The highest BCUT2D eigenvalue weighted by Gasteiger charge is 2.13. The van der Waals surface area contributed by atoms with Gasteiger partial charge in [0, 0.05) is 25.5 Å². The van der Waals surface area contributed by atoms with Crippen molar-refractivity contribution in [3.05, 3.63) is 70.0 Å². The van der Waals surface area contributed by atoms with Gasteiger partial charge in [0.15, 0.2) is 0 Å². The van der Waals surface area contributed by atoms with Crippen molar-refractivity contribution >= 4 is 11.8 Å². The molecule has 1 aromatic carbocycles. The van der Waals surface area contributed by atoms with E-state index in [0.717, 1.165) is 5.56 Å². The topological polar surface area (TPSA) is 48.1 Å². The van der Waals surface area contributed by atoms with E-state index in [9.17, 15) is 10.1 Å². The Labute approximate surface area is 99.0 Å². The van der Waals surface area contributed by atoms with Gasteiger partial charge in [-0.1, -0.05) is 18.2 Å². The molecular weight excluding hydrogens is 216 g/mol. The lowest BCUT2D eigenvalue weighted by molar-refractivity contribution is -0.374. The van der Waals surface area contributed by atoms with E-state index in [-0.39, 0.29) is 10.6 Å². The van der Waals surface area contributed by atoms with Gasteiger partial charge in [0.2, 0.25) is 0 Å². The van der Waals surface area contributed by atoms with Gasteiger partial charge in [0.25, 0.3) is 5.70 Å². The van der Waals surface area contributed by atoms with Crippen LogP contribution in [0.4, 0.5) is 0 Å². The molecule has 0 fully saturated rings. The van der Waals surface area contributed by atoms with Crippen molar-refractivity contribution in [3.63, 3.8) is 0 Å². The molecule has 1 heterocycles. The number of rotatable bonds is 3. The predicted octanol–water partition coefficient (Wildman–Crippen LogP) is 2.80. The molecule has 0 radical (unpaired) electrons. The quantitative estimate of drug-likeness (QED) is 0.599. The molecule has 0 unspecified atom stereocenters. The number of benzene rings is 1. The van der Waals surface area contributed by atoms with E-state index in [0.29, 0.717) is 5.56 Å². The molecule has 17 heavy (non-hydrogen) atoms. The Morgan fingerprint density at radius 1 is 1.29 bits per heavy atom. The molecule has 0 bridgehead atoms. The summed E-state index contributed by atoms with van der Waals surface area (Å²) >= 11 is 0. The van der Waals surface area contributed by atoms with E-state index in [1.54, 1.807) is 30.3 Å². The molecule has 0 N–H and O–H groups in total. The number of aromatic nitrogens is 1. The largest absolute Gasteiger partial charge is 0.357 e. The summed E-state index contributed by atoms with van der Waals surface area (Å²) in [6.45, 7) is 0. The van der Waals surface area contributed by atoms with Gasteiger partial charge in [-0.25, -0.2) is 0 Å². The third-order valence-corrected chi connectivity index (χ3v) is 2.42. The van der Waals surface area contributed by atoms with Crippen LogP contribution in [0.25, 0.3) is 11.8 Å². The minimum absolute atomic E-state index is 0.108. The number of nitrogens with zero attached hydrogens (tertiary/aromatic N) is 2. The van der Waals surface area contributed by atoms with Crippen molar-refractivity contribution in [2.24, 2.45) is 7.05 Å². The van der Waals surface area contributed by atoms with Crippen LogP contribution in [0.15, 0.2) is 48.8 Å². The average molecular weight is 228 g/mol. The molecule has 86 valence electrons. The van der Waals surface area contributed by atoms with E-state index in [4.69, 9.17) is 0 Å². The molecule has 4 heteroatoms. The van der Waals surface area contributed by atoms with Crippen LogP contribution in [0.2, 0.25) is 0 Å². The number of hydrogen-bond donors (Lipinski definition) is 0. The first-order chi connectivity index (χ1) is 8.16. The third-order valence-electron chi connectivity index (χ3n) is 2.42. The average Bonchev–Trinajstić information content (AvgIpc) is 2.73. The summed E-state index contributed by atoms with van der Waals surface area (Å²) in [7, 11) is 1.88. The number of hydrogen-bond acceptors (Lipinski definition) is 2. The summed E-state index contributed by atoms with van der Waals surface area (Å²) in [5, 5.41) is 11.0. The molecule has 1 aromatic heterocycles. The number of nitro groups is 1. The van der Waals surface area contributed by atoms with Crippen LogP contribution in [0, 0.1) is 10.1 Å². The fraction of sp³-hybridized carbons (Fsp3) is 0.0769. The van der Waals surface area contributed by atoms with Crippen LogP contribution >= 0.6 is 0 Å². The molecule has 0 atom stereocenters. The fourth-order valence-corrected chi connectivity index (χ4v) is 1.62. The van der Waals surface area contributed by atoms with Crippen LogP contribution in [0.1, 0.15) is 11.1 Å². The first-order valence-electron chi connectivity index (χ1n) is 5.20. The Morgan fingerprint density at radius 2 is 2.00 bits per heavy atom.